The van der Waals surface area contributed by atoms with Crippen molar-refractivity contribution in [2.45, 2.75) is 18.9 Å². The number of carbonyl (C=O) groups excluding carboxylic acids is 1. The van der Waals surface area contributed by atoms with Crippen LogP contribution in [0.2, 0.25) is 0 Å². The van der Waals surface area contributed by atoms with Crippen molar-refractivity contribution in [3.63, 3.8) is 0 Å². The number of aromatic hydroxyl groups is 4. The highest BCUT2D eigenvalue weighted by molar-refractivity contribution is 9.10. The number of benzene rings is 2. The minimum absolute atomic E-state index is 0.139. The molecule has 1 aliphatic rings. The second-order valence-corrected chi connectivity index (χ2v) is 8.41. The molecule has 0 radical (unpaired) electrons. The zero-order chi connectivity index (χ0) is 22.5. The van der Waals surface area contributed by atoms with E-state index in [9.17, 15) is 25.2 Å². The Morgan fingerprint density at radius 1 is 1.00 bits per heavy atom. The normalized spacial score (nSPS) is 15.7. The van der Waals surface area contributed by atoms with Gasteiger partial charge in [-0.2, -0.15) is 0 Å². The van der Waals surface area contributed by atoms with Crippen molar-refractivity contribution >= 4 is 40.1 Å². The lowest BCUT2D eigenvalue weighted by Gasteiger charge is -2.29. The minimum Gasteiger partial charge on any atom is -0.504 e. The van der Waals surface area contributed by atoms with Gasteiger partial charge >= 0.3 is 0 Å². The lowest BCUT2D eigenvalue weighted by Crippen LogP contribution is -2.42. The summed E-state index contributed by atoms with van der Waals surface area (Å²) in [5, 5.41) is 42.5. The van der Waals surface area contributed by atoms with E-state index in [1.54, 1.807) is 24.3 Å². The summed E-state index contributed by atoms with van der Waals surface area (Å²) < 4.78 is 0.535. The molecule has 2 aromatic rings. The number of halogens is 1. The molecule has 31 heavy (non-hydrogen) atoms. The molecule has 1 saturated heterocycles. The number of hydrogen-bond donors (Lipinski definition) is 5. The monoisotopic (exact) mass is 488 g/mol. The summed E-state index contributed by atoms with van der Waals surface area (Å²) >= 11 is 3.30. The highest BCUT2D eigenvalue weighted by atomic mass is 79.9. The summed E-state index contributed by atoms with van der Waals surface area (Å²) in [7, 11) is 2.06. The van der Waals surface area contributed by atoms with Crippen LogP contribution in [0.15, 0.2) is 34.8 Å². The van der Waals surface area contributed by atoms with Crippen LogP contribution in [0, 0.1) is 0 Å². The number of nitrogens with one attached hydrogen (secondary N) is 1. The second kappa shape index (κ2) is 9.89. The molecule has 5 N–H and O–H groups in total. The number of rotatable bonds is 5. The van der Waals surface area contributed by atoms with Crippen molar-refractivity contribution < 1.29 is 25.2 Å². The van der Waals surface area contributed by atoms with Gasteiger partial charge in [-0.15, -0.1) is 0 Å². The van der Waals surface area contributed by atoms with Crippen LogP contribution in [0.1, 0.15) is 29.5 Å². The Hall–Kier alpha value is -2.97. The average Bonchev–Trinajstić information content (AvgIpc) is 2.73. The molecule has 2 aromatic carbocycles. The molecule has 1 aliphatic heterocycles. The largest absolute Gasteiger partial charge is 0.504 e. The lowest BCUT2D eigenvalue weighted by atomic mass is 10.0. The van der Waals surface area contributed by atoms with E-state index in [0.717, 1.165) is 25.9 Å². The second-order valence-electron chi connectivity index (χ2n) is 7.55. The summed E-state index contributed by atoms with van der Waals surface area (Å²) in [6, 6.07) is 5.80. The van der Waals surface area contributed by atoms with E-state index < -0.39 is 0 Å². The van der Waals surface area contributed by atoms with Crippen LogP contribution in [0.4, 0.5) is 0 Å². The van der Waals surface area contributed by atoms with E-state index >= 15 is 0 Å². The molecule has 0 spiro atoms. The lowest BCUT2D eigenvalue weighted by molar-refractivity contribution is -0.117. The van der Waals surface area contributed by atoms with Crippen LogP contribution in [0.3, 0.4) is 0 Å². The molecule has 1 fully saturated rings. The number of carbonyl (C=O) groups is 1. The fraction of sp³-hybridized carbons (Fsp3) is 0.261. The molecule has 3 rings (SSSR count). The van der Waals surface area contributed by atoms with Crippen molar-refractivity contribution in [1.29, 1.82) is 0 Å². The predicted molar refractivity (Wildman–Crippen MR) is 124 cm³/mol. The SMILES string of the molecule is CN1CCC(NC(=O)/C=C/c2ccc(O)c(O)c2/C=C/c2cc(O)c(O)cc2Br)CC1. The summed E-state index contributed by atoms with van der Waals surface area (Å²) in [5.74, 6) is -1.38. The Balaban J connectivity index is 1.80. The molecule has 0 unspecified atom stereocenters. The van der Waals surface area contributed by atoms with Gasteiger partial charge in [0.25, 0.3) is 0 Å². The maximum atomic E-state index is 12.3. The van der Waals surface area contributed by atoms with Crippen molar-refractivity contribution in [3.05, 3.63) is 51.5 Å². The van der Waals surface area contributed by atoms with E-state index in [-0.39, 0.29) is 34.9 Å². The van der Waals surface area contributed by atoms with Crippen LogP contribution in [0.25, 0.3) is 18.2 Å². The number of hydrogen-bond acceptors (Lipinski definition) is 6. The Kier molecular flexibility index (Phi) is 7.25. The number of nitrogens with zero attached hydrogens (tertiary/aromatic N) is 1. The molecule has 0 saturated carbocycles. The van der Waals surface area contributed by atoms with E-state index in [1.807, 2.05) is 0 Å². The fourth-order valence-corrected chi connectivity index (χ4v) is 3.83. The van der Waals surface area contributed by atoms with E-state index in [4.69, 9.17) is 0 Å². The van der Waals surface area contributed by atoms with Gasteiger partial charge in [-0.05, 0) is 74.5 Å². The first-order valence-electron chi connectivity index (χ1n) is 9.86. The summed E-state index contributed by atoms with van der Waals surface area (Å²) in [4.78, 5) is 14.5. The van der Waals surface area contributed by atoms with Gasteiger partial charge in [0.1, 0.15) is 0 Å². The smallest absolute Gasteiger partial charge is 0.244 e. The summed E-state index contributed by atoms with van der Waals surface area (Å²) in [6.45, 7) is 1.88. The van der Waals surface area contributed by atoms with Gasteiger partial charge in [0.05, 0.1) is 0 Å². The minimum atomic E-state index is -0.326. The highest BCUT2D eigenvalue weighted by Gasteiger charge is 2.17. The van der Waals surface area contributed by atoms with E-state index in [0.29, 0.717) is 21.2 Å². The number of piperidine rings is 1. The van der Waals surface area contributed by atoms with Gasteiger partial charge in [0.15, 0.2) is 23.0 Å². The van der Waals surface area contributed by atoms with Crippen LogP contribution in [0.5, 0.6) is 23.0 Å². The van der Waals surface area contributed by atoms with Crippen molar-refractivity contribution in [1.82, 2.24) is 10.2 Å². The summed E-state index contributed by atoms with van der Waals surface area (Å²) in [5.41, 5.74) is 1.39. The fourth-order valence-electron chi connectivity index (χ4n) is 3.37. The first kappa shape index (κ1) is 22.7. The molecule has 0 atom stereocenters. The summed E-state index contributed by atoms with van der Waals surface area (Å²) in [6.07, 6.45) is 7.95. The number of phenols is 4. The van der Waals surface area contributed by atoms with Crippen LogP contribution in [-0.4, -0.2) is 57.4 Å². The molecule has 1 amide bonds. The van der Waals surface area contributed by atoms with Crippen molar-refractivity contribution in [3.8, 4) is 23.0 Å². The standard InChI is InChI=1S/C23H25BrN2O5/c1-26-10-8-16(9-11-26)25-22(30)7-4-14-3-6-19(27)23(31)17(14)5-2-15-12-20(28)21(29)13-18(15)24/h2-7,12-13,16,27-29,31H,8-11H2,1H3,(H,25,30)/b5-2+,7-4+. The van der Waals surface area contributed by atoms with Crippen molar-refractivity contribution in [2.24, 2.45) is 0 Å². The first-order chi connectivity index (χ1) is 14.7. The molecular formula is C23H25BrN2O5. The third kappa shape index (κ3) is 5.80. The number of amides is 1. The van der Waals surface area contributed by atoms with E-state index in [1.165, 1.54) is 24.3 Å². The van der Waals surface area contributed by atoms with Crippen LogP contribution < -0.4 is 5.32 Å². The molecule has 164 valence electrons. The molecule has 8 heteroatoms. The Morgan fingerprint density at radius 2 is 1.68 bits per heavy atom. The van der Waals surface area contributed by atoms with Gasteiger partial charge in [-0.25, -0.2) is 0 Å². The first-order valence-corrected chi connectivity index (χ1v) is 10.7. The van der Waals surface area contributed by atoms with Gasteiger partial charge in [0, 0.05) is 22.2 Å². The highest BCUT2D eigenvalue weighted by Crippen LogP contribution is 2.36. The van der Waals surface area contributed by atoms with Gasteiger partial charge < -0.3 is 30.6 Å². The maximum Gasteiger partial charge on any atom is 0.244 e. The van der Waals surface area contributed by atoms with E-state index in [2.05, 4.69) is 33.2 Å². The zero-order valence-corrected chi connectivity index (χ0v) is 18.6. The van der Waals surface area contributed by atoms with Crippen LogP contribution >= 0.6 is 15.9 Å². The molecule has 0 aromatic heterocycles. The molecule has 0 bridgehead atoms. The maximum absolute atomic E-state index is 12.3. The predicted octanol–water partition coefficient (Wildman–Crippen LogP) is 3.67. The molecule has 0 aliphatic carbocycles. The third-order valence-corrected chi connectivity index (χ3v) is 5.92. The topological polar surface area (TPSA) is 113 Å². The Bertz CT molecular complexity index is 1030. The Labute approximate surface area is 189 Å². The zero-order valence-electron chi connectivity index (χ0n) is 17.0. The average molecular weight is 489 g/mol. The molecule has 1 heterocycles. The quantitative estimate of drug-likeness (QED) is 0.249. The van der Waals surface area contributed by atoms with Gasteiger partial charge in [-0.3, -0.25) is 4.79 Å². The molecular weight excluding hydrogens is 464 g/mol. The Morgan fingerprint density at radius 3 is 2.39 bits per heavy atom. The van der Waals surface area contributed by atoms with Gasteiger partial charge in [0.2, 0.25) is 5.91 Å². The number of likely N-dealkylation sites (tertiary alicyclic amines) is 1. The van der Waals surface area contributed by atoms with Crippen molar-refractivity contribution in [2.75, 3.05) is 20.1 Å². The van der Waals surface area contributed by atoms with Gasteiger partial charge in [-0.1, -0.05) is 28.1 Å². The van der Waals surface area contributed by atoms with Crippen LogP contribution in [-0.2, 0) is 4.79 Å². The molecule has 7 nitrogen and oxygen atoms in total. The number of phenolic OH excluding ortho intramolecular Hbond substituents is 4. The third-order valence-electron chi connectivity index (χ3n) is 5.23.